The Labute approximate surface area is 136 Å². The molecule has 1 amide bonds. The molecule has 0 radical (unpaired) electrons. The Balaban J connectivity index is 0. The van der Waals surface area contributed by atoms with Crippen LogP contribution >= 0.6 is 48.6 Å². The number of carbonyl (C=O) groups is 1. The number of halogens is 3. The quantitative estimate of drug-likeness (QED) is 0.893. The molecule has 0 unspecified atom stereocenters. The molecule has 1 N–H and O–H groups in total. The van der Waals surface area contributed by atoms with Crippen LogP contribution in [0.15, 0.2) is 11.6 Å². The molecule has 0 aromatic carbocycles. The summed E-state index contributed by atoms with van der Waals surface area (Å²) >= 11 is 1.48. The maximum atomic E-state index is 11.9. The highest BCUT2D eigenvalue weighted by Crippen LogP contribution is 2.15. The SMILES string of the molecule is CN(C(=O)CN1CCNCC1)c1nccs1.Cl.Cl.Cl. The molecule has 2 heterocycles. The predicted octanol–water partition coefficient (Wildman–Crippen LogP) is 1.28. The highest BCUT2D eigenvalue weighted by atomic mass is 35.5. The Morgan fingerprint density at radius 3 is 2.58 bits per heavy atom. The molecule has 112 valence electrons. The van der Waals surface area contributed by atoms with E-state index >= 15 is 0 Å². The molecular formula is C10H19Cl3N4OS. The molecule has 0 atom stereocenters. The molecule has 1 fully saturated rings. The average Bonchev–Trinajstić information content (AvgIpc) is 2.83. The minimum absolute atomic E-state index is 0. The maximum absolute atomic E-state index is 11.9. The lowest BCUT2D eigenvalue weighted by Gasteiger charge is -2.27. The summed E-state index contributed by atoms with van der Waals surface area (Å²) in [4.78, 5) is 19.9. The average molecular weight is 350 g/mol. The zero-order valence-corrected chi connectivity index (χ0v) is 13.8. The van der Waals surface area contributed by atoms with Gasteiger partial charge in [0.05, 0.1) is 6.54 Å². The molecule has 0 spiro atoms. The van der Waals surface area contributed by atoms with E-state index < -0.39 is 0 Å². The number of piperazine rings is 1. The number of likely N-dealkylation sites (N-methyl/N-ethyl adjacent to an activating group) is 1. The second kappa shape index (κ2) is 10.7. The molecule has 19 heavy (non-hydrogen) atoms. The molecule has 1 aliphatic rings. The van der Waals surface area contributed by atoms with E-state index in [0.29, 0.717) is 6.54 Å². The number of anilines is 1. The minimum Gasteiger partial charge on any atom is -0.314 e. The van der Waals surface area contributed by atoms with Gasteiger partial charge in [-0.15, -0.1) is 48.6 Å². The zero-order valence-electron chi connectivity index (χ0n) is 10.6. The maximum Gasteiger partial charge on any atom is 0.242 e. The van der Waals surface area contributed by atoms with E-state index in [0.717, 1.165) is 31.3 Å². The zero-order chi connectivity index (χ0) is 11.4. The van der Waals surface area contributed by atoms with Crippen molar-refractivity contribution in [1.82, 2.24) is 15.2 Å². The van der Waals surface area contributed by atoms with Crippen molar-refractivity contribution in [3.05, 3.63) is 11.6 Å². The van der Waals surface area contributed by atoms with Crippen molar-refractivity contribution in [1.29, 1.82) is 0 Å². The first kappa shape index (κ1) is 21.2. The molecule has 5 nitrogen and oxygen atoms in total. The molecular weight excluding hydrogens is 331 g/mol. The molecule has 9 heteroatoms. The van der Waals surface area contributed by atoms with Gasteiger partial charge in [0.15, 0.2) is 5.13 Å². The van der Waals surface area contributed by atoms with Crippen molar-refractivity contribution >= 4 is 59.6 Å². The van der Waals surface area contributed by atoms with Crippen LogP contribution in [0.1, 0.15) is 0 Å². The lowest BCUT2D eigenvalue weighted by Crippen LogP contribution is -2.47. The number of rotatable bonds is 3. The first-order valence-electron chi connectivity index (χ1n) is 5.36. The standard InChI is InChI=1S/C10H16N4OS.3ClH/c1-13(10-12-4-7-16-10)9(15)8-14-5-2-11-3-6-14;;;/h4,7,11H,2-3,5-6,8H2,1H3;3*1H. The third-order valence-electron chi connectivity index (χ3n) is 2.65. The second-order valence-electron chi connectivity index (χ2n) is 3.79. The van der Waals surface area contributed by atoms with Gasteiger partial charge in [-0.1, -0.05) is 0 Å². The Bertz CT molecular complexity index is 347. The number of carbonyl (C=O) groups excluding carboxylic acids is 1. The summed E-state index contributed by atoms with van der Waals surface area (Å²) in [6.45, 7) is 4.30. The predicted molar refractivity (Wildman–Crippen MR) is 86.6 cm³/mol. The first-order valence-corrected chi connectivity index (χ1v) is 6.24. The summed E-state index contributed by atoms with van der Waals surface area (Å²) in [6, 6.07) is 0. The topological polar surface area (TPSA) is 48.5 Å². The summed E-state index contributed by atoms with van der Waals surface area (Å²) in [5.74, 6) is 0.108. The third-order valence-corrected chi connectivity index (χ3v) is 3.50. The molecule has 0 bridgehead atoms. The Kier molecular flexibility index (Phi) is 11.9. The molecule has 1 aromatic heterocycles. The van der Waals surface area contributed by atoms with E-state index in [9.17, 15) is 4.79 Å². The molecule has 1 saturated heterocycles. The van der Waals surface area contributed by atoms with E-state index in [-0.39, 0.29) is 43.1 Å². The van der Waals surface area contributed by atoms with E-state index in [4.69, 9.17) is 0 Å². The van der Waals surface area contributed by atoms with Gasteiger partial charge in [-0.2, -0.15) is 0 Å². The van der Waals surface area contributed by atoms with Gasteiger partial charge in [0.25, 0.3) is 0 Å². The number of amides is 1. The molecule has 1 aliphatic heterocycles. The minimum atomic E-state index is 0. The van der Waals surface area contributed by atoms with Crippen LogP contribution in [0, 0.1) is 0 Å². The van der Waals surface area contributed by atoms with Crippen LogP contribution in [0.4, 0.5) is 5.13 Å². The molecule has 0 aliphatic carbocycles. The van der Waals surface area contributed by atoms with Gasteiger partial charge >= 0.3 is 0 Å². The molecule has 2 rings (SSSR count). The van der Waals surface area contributed by atoms with Crippen LogP contribution in [0.25, 0.3) is 0 Å². The van der Waals surface area contributed by atoms with Crippen molar-refractivity contribution in [3.8, 4) is 0 Å². The van der Waals surface area contributed by atoms with Gasteiger partial charge in [0.2, 0.25) is 5.91 Å². The van der Waals surface area contributed by atoms with E-state index in [2.05, 4.69) is 15.2 Å². The van der Waals surface area contributed by atoms with Crippen LogP contribution in [0.5, 0.6) is 0 Å². The summed E-state index contributed by atoms with van der Waals surface area (Å²) in [6.07, 6.45) is 1.72. The van der Waals surface area contributed by atoms with Gasteiger partial charge in [-0.25, -0.2) is 4.98 Å². The number of hydrogen-bond donors (Lipinski definition) is 1. The van der Waals surface area contributed by atoms with Crippen molar-refractivity contribution in [3.63, 3.8) is 0 Å². The fourth-order valence-electron chi connectivity index (χ4n) is 1.65. The highest BCUT2D eigenvalue weighted by Gasteiger charge is 2.18. The van der Waals surface area contributed by atoms with Crippen LogP contribution in [-0.4, -0.2) is 55.6 Å². The Hall–Kier alpha value is -0.110. The van der Waals surface area contributed by atoms with Crippen molar-refractivity contribution in [2.45, 2.75) is 0 Å². The van der Waals surface area contributed by atoms with Crippen molar-refractivity contribution < 1.29 is 4.79 Å². The number of thiazole rings is 1. The van der Waals surface area contributed by atoms with Crippen LogP contribution in [-0.2, 0) is 4.79 Å². The van der Waals surface area contributed by atoms with Gasteiger partial charge in [-0.3, -0.25) is 14.6 Å². The van der Waals surface area contributed by atoms with Crippen LogP contribution < -0.4 is 10.2 Å². The smallest absolute Gasteiger partial charge is 0.242 e. The summed E-state index contributed by atoms with van der Waals surface area (Å²) in [5, 5.41) is 5.91. The van der Waals surface area contributed by atoms with Crippen molar-refractivity contribution in [2.24, 2.45) is 0 Å². The third kappa shape index (κ3) is 6.25. The normalized spacial score (nSPS) is 14.6. The number of hydrogen-bond acceptors (Lipinski definition) is 5. The molecule has 0 saturated carbocycles. The van der Waals surface area contributed by atoms with Gasteiger partial charge in [0.1, 0.15) is 0 Å². The first-order chi connectivity index (χ1) is 7.77. The fraction of sp³-hybridized carbons (Fsp3) is 0.600. The summed E-state index contributed by atoms with van der Waals surface area (Å²) in [5.41, 5.74) is 0. The Morgan fingerprint density at radius 1 is 1.42 bits per heavy atom. The second-order valence-corrected chi connectivity index (χ2v) is 4.67. The van der Waals surface area contributed by atoms with Crippen molar-refractivity contribution in [2.75, 3.05) is 44.7 Å². The fourth-order valence-corrected chi connectivity index (χ4v) is 2.28. The Morgan fingerprint density at radius 2 is 2.05 bits per heavy atom. The summed E-state index contributed by atoms with van der Waals surface area (Å²) in [7, 11) is 1.78. The van der Waals surface area contributed by atoms with Gasteiger partial charge < -0.3 is 5.32 Å². The lowest BCUT2D eigenvalue weighted by atomic mass is 10.3. The van der Waals surface area contributed by atoms with Gasteiger partial charge in [0, 0.05) is 44.8 Å². The van der Waals surface area contributed by atoms with Crippen LogP contribution in [0.2, 0.25) is 0 Å². The number of nitrogens with one attached hydrogen (secondary N) is 1. The largest absolute Gasteiger partial charge is 0.314 e. The highest BCUT2D eigenvalue weighted by molar-refractivity contribution is 7.13. The van der Waals surface area contributed by atoms with E-state index in [1.807, 2.05) is 5.38 Å². The number of nitrogens with zero attached hydrogens (tertiary/aromatic N) is 3. The van der Waals surface area contributed by atoms with E-state index in [1.165, 1.54) is 11.3 Å². The molecule has 1 aromatic rings. The summed E-state index contributed by atoms with van der Waals surface area (Å²) < 4.78 is 0. The van der Waals surface area contributed by atoms with Gasteiger partial charge in [-0.05, 0) is 0 Å². The number of aromatic nitrogens is 1. The van der Waals surface area contributed by atoms with E-state index in [1.54, 1.807) is 18.1 Å². The monoisotopic (exact) mass is 348 g/mol. The van der Waals surface area contributed by atoms with Crippen LogP contribution in [0.3, 0.4) is 0 Å². The lowest BCUT2D eigenvalue weighted by molar-refractivity contribution is -0.119.